The van der Waals surface area contributed by atoms with Crippen LogP contribution in [0.4, 0.5) is 0 Å². The summed E-state index contributed by atoms with van der Waals surface area (Å²) < 4.78 is 0. The Morgan fingerprint density at radius 3 is 1.95 bits per heavy atom. The van der Waals surface area contributed by atoms with Crippen molar-refractivity contribution in [3.63, 3.8) is 0 Å². The molecule has 0 aliphatic heterocycles. The lowest BCUT2D eigenvalue weighted by molar-refractivity contribution is 0.532. The first-order chi connectivity index (χ1) is 9.77. The fraction of sp³-hybridized carbons (Fsp3) is 0.684. The molecule has 0 saturated heterocycles. The molecule has 1 aromatic carbocycles. The smallest absolute Gasteiger partial charge is 0.000824 e. The molecule has 2 N–H and O–H groups in total. The third-order valence-corrected chi connectivity index (χ3v) is 4.24. The normalized spacial score (nSPS) is 12.6. The van der Waals surface area contributed by atoms with Crippen molar-refractivity contribution in [2.75, 3.05) is 6.54 Å². The minimum Gasteiger partial charge on any atom is -0.330 e. The molecular weight excluding hydrogens is 242 g/mol. The van der Waals surface area contributed by atoms with Crippen LogP contribution in [0.1, 0.15) is 81.8 Å². The van der Waals surface area contributed by atoms with Crippen LogP contribution in [0.5, 0.6) is 0 Å². The Bertz CT molecular complexity index is 328. The SMILES string of the molecule is CCCCCCCCCCC(CN)c1ccc(C)cc1. The molecule has 20 heavy (non-hydrogen) atoms. The van der Waals surface area contributed by atoms with Gasteiger partial charge in [0.2, 0.25) is 0 Å². The molecule has 0 spiro atoms. The van der Waals surface area contributed by atoms with Crippen LogP contribution in [0, 0.1) is 6.92 Å². The predicted molar refractivity (Wildman–Crippen MR) is 90.2 cm³/mol. The van der Waals surface area contributed by atoms with Crippen molar-refractivity contribution in [3.05, 3.63) is 35.4 Å². The van der Waals surface area contributed by atoms with Gasteiger partial charge in [-0.1, -0.05) is 88.1 Å². The molecule has 0 radical (unpaired) electrons. The first-order valence-electron chi connectivity index (χ1n) is 8.54. The molecule has 0 bridgehead atoms. The highest BCUT2D eigenvalue weighted by atomic mass is 14.5. The number of hydrogen-bond acceptors (Lipinski definition) is 1. The summed E-state index contributed by atoms with van der Waals surface area (Å²) >= 11 is 0. The van der Waals surface area contributed by atoms with Crippen molar-refractivity contribution >= 4 is 0 Å². The maximum absolute atomic E-state index is 5.94. The monoisotopic (exact) mass is 275 g/mol. The van der Waals surface area contributed by atoms with Gasteiger partial charge in [0.05, 0.1) is 0 Å². The van der Waals surface area contributed by atoms with Gasteiger partial charge in [-0.2, -0.15) is 0 Å². The van der Waals surface area contributed by atoms with Crippen LogP contribution < -0.4 is 5.73 Å². The van der Waals surface area contributed by atoms with Gasteiger partial charge in [0, 0.05) is 0 Å². The van der Waals surface area contributed by atoms with Crippen LogP contribution in [0.15, 0.2) is 24.3 Å². The van der Waals surface area contributed by atoms with Crippen molar-refractivity contribution in [1.29, 1.82) is 0 Å². The Morgan fingerprint density at radius 1 is 0.850 bits per heavy atom. The molecule has 1 unspecified atom stereocenters. The second-order valence-electron chi connectivity index (χ2n) is 6.11. The third kappa shape index (κ3) is 7.09. The van der Waals surface area contributed by atoms with E-state index in [1.165, 1.54) is 68.9 Å². The molecule has 1 aromatic rings. The van der Waals surface area contributed by atoms with Crippen molar-refractivity contribution in [3.8, 4) is 0 Å². The number of aryl methyl sites for hydroxylation is 1. The van der Waals surface area contributed by atoms with E-state index in [2.05, 4.69) is 38.1 Å². The van der Waals surface area contributed by atoms with Crippen LogP contribution in [-0.4, -0.2) is 6.54 Å². The molecule has 1 heteroatoms. The van der Waals surface area contributed by atoms with E-state index in [-0.39, 0.29) is 0 Å². The lowest BCUT2D eigenvalue weighted by Gasteiger charge is -2.15. The van der Waals surface area contributed by atoms with Gasteiger partial charge in [0.1, 0.15) is 0 Å². The van der Waals surface area contributed by atoms with Crippen molar-refractivity contribution in [1.82, 2.24) is 0 Å². The van der Waals surface area contributed by atoms with Gasteiger partial charge in [-0.3, -0.25) is 0 Å². The van der Waals surface area contributed by atoms with E-state index in [0.717, 1.165) is 6.54 Å². The van der Waals surface area contributed by atoms with E-state index >= 15 is 0 Å². The predicted octanol–water partition coefficient (Wildman–Crippen LogP) is 5.57. The Labute approximate surface area is 126 Å². The van der Waals surface area contributed by atoms with E-state index in [4.69, 9.17) is 5.73 Å². The standard InChI is InChI=1S/C19H33N/c1-3-4-5-6-7-8-9-10-11-19(16-20)18-14-12-17(2)13-15-18/h12-15,19H,3-11,16,20H2,1-2H3. The third-order valence-electron chi connectivity index (χ3n) is 4.24. The largest absolute Gasteiger partial charge is 0.330 e. The second-order valence-corrected chi connectivity index (χ2v) is 6.11. The lowest BCUT2D eigenvalue weighted by Crippen LogP contribution is -2.12. The van der Waals surface area contributed by atoms with E-state index in [1.807, 2.05) is 0 Å². The van der Waals surface area contributed by atoms with Crippen molar-refractivity contribution < 1.29 is 0 Å². The van der Waals surface area contributed by atoms with Gasteiger partial charge in [-0.25, -0.2) is 0 Å². The Kier molecular flexibility index (Phi) is 9.40. The molecular formula is C19H33N. The topological polar surface area (TPSA) is 26.0 Å². The highest BCUT2D eigenvalue weighted by Crippen LogP contribution is 2.22. The number of unbranched alkanes of at least 4 members (excludes halogenated alkanes) is 7. The van der Waals surface area contributed by atoms with Gasteiger partial charge in [-0.15, -0.1) is 0 Å². The minimum atomic E-state index is 0.552. The second kappa shape index (κ2) is 10.9. The summed E-state index contributed by atoms with van der Waals surface area (Å²) in [6.45, 7) is 5.19. The summed E-state index contributed by atoms with van der Waals surface area (Å²) in [6.07, 6.45) is 12.3. The van der Waals surface area contributed by atoms with Gasteiger partial charge >= 0.3 is 0 Å². The van der Waals surface area contributed by atoms with Crippen LogP contribution in [0.25, 0.3) is 0 Å². The summed E-state index contributed by atoms with van der Waals surface area (Å²) in [5.74, 6) is 0.552. The van der Waals surface area contributed by atoms with Crippen LogP contribution in [-0.2, 0) is 0 Å². The van der Waals surface area contributed by atoms with Crippen LogP contribution >= 0.6 is 0 Å². The van der Waals surface area contributed by atoms with E-state index < -0.39 is 0 Å². The van der Waals surface area contributed by atoms with Gasteiger partial charge < -0.3 is 5.73 Å². The number of benzene rings is 1. The summed E-state index contributed by atoms with van der Waals surface area (Å²) in [5.41, 5.74) is 8.69. The number of rotatable bonds is 11. The molecule has 0 saturated carbocycles. The molecule has 0 aliphatic rings. The maximum atomic E-state index is 5.94. The zero-order chi connectivity index (χ0) is 14.6. The number of nitrogens with two attached hydrogens (primary N) is 1. The van der Waals surface area contributed by atoms with Crippen LogP contribution in [0.2, 0.25) is 0 Å². The zero-order valence-corrected chi connectivity index (χ0v) is 13.5. The number of hydrogen-bond donors (Lipinski definition) is 1. The van der Waals surface area contributed by atoms with E-state index in [1.54, 1.807) is 0 Å². The molecule has 0 heterocycles. The Morgan fingerprint density at radius 2 is 1.40 bits per heavy atom. The van der Waals surface area contributed by atoms with Crippen LogP contribution in [0.3, 0.4) is 0 Å². The summed E-state index contributed by atoms with van der Waals surface area (Å²) in [6, 6.07) is 8.90. The van der Waals surface area contributed by atoms with Gasteiger partial charge in [0.15, 0.2) is 0 Å². The molecule has 1 nitrogen and oxygen atoms in total. The Balaban J connectivity index is 2.14. The molecule has 0 fully saturated rings. The average Bonchev–Trinajstić information content (AvgIpc) is 2.47. The molecule has 0 aromatic heterocycles. The fourth-order valence-corrected chi connectivity index (χ4v) is 2.78. The van der Waals surface area contributed by atoms with E-state index in [9.17, 15) is 0 Å². The highest BCUT2D eigenvalue weighted by Gasteiger charge is 2.08. The first-order valence-corrected chi connectivity index (χ1v) is 8.54. The average molecular weight is 275 g/mol. The van der Waals surface area contributed by atoms with Crippen molar-refractivity contribution in [2.45, 2.75) is 77.6 Å². The summed E-state index contributed by atoms with van der Waals surface area (Å²) in [5, 5.41) is 0. The first kappa shape index (κ1) is 17.2. The van der Waals surface area contributed by atoms with E-state index in [0.29, 0.717) is 5.92 Å². The lowest BCUT2D eigenvalue weighted by atomic mass is 9.92. The Hall–Kier alpha value is -0.820. The molecule has 1 atom stereocenters. The zero-order valence-electron chi connectivity index (χ0n) is 13.5. The molecule has 114 valence electrons. The fourth-order valence-electron chi connectivity index (χ4n) is 2.78. The summed E-state index contributed by atoms with van der Waals surface area (Å²) in [4.78, 5) is 0. The highest BCUT2D eigenvalue weighted by molar-refractivity contribution is 5.24. The summed E-state index contributed by atoms with van der Waals surface area (Å²) in [7, 11) is 0. The molecule has 0 amide bonds. The van der Waals surface area contributed by atoms with Gasteiger partial charge in [-0.05, 0) is 31.4 Å². The quantitative estimate of drug-likeness (QED) is 0.525. The maximum Gasteiger partial charge on any atom is -0.000824 e. The molecule has 1 rings (SSSR count). The van der Waals surface area contributed by atoms with Crippen molar-refractivity contribution in [2.24, 2.45) is 5.73 Å². The molecule has 0 aliphatic carbocycles. The van der Waals surface area contributed by atoms with Gasteiger partial charge in [0.25, 0.3) is 0 Å². The minimum absolute atomic E-state index is 0.552.